The molecule has 8 heteroatoms. The van der Waals surface area contributed by atoms with Crippen LogP contribution in [0, 0.1) is 6.92 Å². The van der Waals surface area contributed by atoms with Gasteiger partial charge in [-0.3, -0.25) is 14.7 Å². The number of rotatable bonds is 7. The smallest absolute Gasteiger partial charge is 0.276 e. The topological polar surface area (TPSA) is 70.6 Å². The van der Waals surface area contributed by atoms with Gasteiger partial charge in [0.15, 0.2) is 0 Å². The molecule has 1 aromatic carbocycles. The van der Waals surface area contributed by atoms with Crippen molar-refractivity contribution in [1.29, 1.82) is 0 Å². The molecule has 7 nitrogen and oxygen atoms in total. The summed E-state index contributed by atoms with van der Waals surface area (Å²) in [5, 5.41) is 3.72. The molecule has 3 aromatic rings. The third-order valence-electron chi connectivity index (χ3n) is 5.63. The summed E-state index contributed by atoms with van der Waals surface area (Å²) < 4.78 is 5.76. The number of piperazine rings is 1. The molecule has 0 bridgehead atoms. The van der Waals surface area contributed by atoms with Crippen LogP contribution in [0.3, 0.4) is 0 Å². The van der Waals surface area contributed by atoms with Gasteiger partial charge in [0.25, 0.3) is 5.91 Å². The summed E-state index contributed by atoms with van der Waals surface area (Å²) in [4.78, 5) is 25.7. The van der Waals surface area contributed by atoms with E-state index in [0.29, 0.717) is 5.02 Å². The molecule has 3 heterocycles. The number of carbonyl (C=O) groups excluding carboxylic acids is 1. The van der Waals surface area contributed by atoms with Gasteiger partial charge in [-0.2, -0.15) is 0 Å². The Hall–Kier alpha value is -3.00. The molecule has 0 radical (unpaired) electrons. The van der Waals surface area contributed by atoms with Crippen LogP contribution in [0.4, 0.5) is 5.69 Å². The predicted octanol–water partition coefficient (Wildman–Crippen LogP) is 3.70. The number of carbonyl (C=O) groups is 1. The molecule has 2 aromatic heterocycles. The number of ether oxygens (including phenoxy) is 1. The lowest BCUT2D eigenvalue weighted by Crippen LogP contribution is -2.42. The summed E-state index contributed by atoms with van der Waals surface area (Å²) in [6.45, 7) is 7.25. The van der Waals surface area contributed by atoms with Crippen molar-refractivity contribution >= 4 is 23.2 Å². The average Bonchev–Trinajstić information content (AvgIpc) is 2.85. The van der Waals surface area contributed by atoms with E-state index in [1.54, 1.807) is 30.3 Å². The first-order valence-electron chi connectivity index (χ1n) is 11.0. The second-order valence-corrected chi connectivity index (χ2v) is 8.54. The first-order valence-corrected chi connectivity index (χ1v) is 11.4. The van der Waals surface area contributed by atoms with Crippen LogP contribution in [-0.4, -0.2) is 54.0 Å². The lowest BCUT2D eigenvalue weighted by molar-refractivity contribution is 0.0987. The number of anilines is 1. The van der Waals surface area contributed by atoms with Gasteiger partial charge in [-0.25, -0.2) is 4.98 Å². The van der Waals surface area contributed by atoms with E-state index >= 15 is 0 Å². The zero-order valence-corrected chi connectivity index (χ0v) is 19.7. The van der Waals surface area contributed by atoms with Gasteiger partial charge in [0.2, 0.25) is 5.88 Å². The molecule has 172 valence electrons. The van der Waals surface area contributed by atoms with E-state index in [2.05, 4.69) is 32.3 Å². The van der Waals surface area contributed by atoms with Gasteiger partial charge in [0, 0.05) is 62.9 Å². The monoisotopic (exact) mass is 465 g/mol. The molecule has 0 atom stereocenters. The molecular weight excluding hydrogens is 438 g/mol. The van der Waals surface area contributed by atoms with Crippen LogP contribution in [0.2, 0.25) is 5.02 Å². The molecule has 0 aliphatic carbocycles. The zero-order valence-electron chi connectivity index (χ0n) is 18.9. The second kappa shape index (κ2) is 10.7. The highest BCUT2D eigenvalue weighted by atomic mass is 35.5. The van der Waals surface area contributed by atoms with Gasteiger partial charge in [-0.15, -0.1) is 0 Å². The van der Waals surface area contributed by atoms with Crippen molar-refractivity contribution in [3.63, 3.8) is 0 Å². The molecule has 0 unspecified atom stereocenters. The van der Waals surface area contributed by atoms with Crippen LogP contribution < -0.4 is 15.0 Å². The number of hydrogen-bond donors (Lipinski definition) is 1. The van der Waals surface area contributed by atoms with E-state index < -0.39 is 0 Å². The van der Waals surface area contributed by atoms with E-state index in [1.807, 2.05) is 31.2 Å². The summed E-state index contributed by atoms with van der Waals surface area (Å²) in [7, 11) is 1.74. The maximum atomic E-state index is 13.1. The number of halogens is 1. The minimum atomic E-state index is -0.233. The second-order valence-electron chi connectivity index (χ2n) is 8.14. The number of amides is 1. The summed E-state index contributed by atoms with van der Waals surface area (Å²) in [5.41, 5.74) is 4.13. The van der Waals surface area contributed by atoms with E-state index in [-0.39, 0.29) is 24.1 Å². The summed E-state index contributed by atoms with van der Waals surface area (Å²) in [5.74, 6) is -0.00812. The maximum Gasteiger partial charge on any atom is 0.276 e. The standard InChI is InChI=1S/C25H28ClN5O2/c1-18-3-4-20(15-28-18)17-33-24-22(26)9-10-23(29-24)25(32)30(2)21-7-5-19(6-8-21)16-31-13-11-27-12-14-31/h3-10,15,27H,11-14,16-17H2,1-2H3. The van der Waals surface area contributed by atoms with Gasteiger partial charge >= 0.3 is 0 Å². The lowest BCUT2D eigenvalue weighted by atomic mass is 10.1. The highest BCUT2D eigenvalue weighted by molar-refractivity contribution is 6.31. The highest BCUT2D eigenvalue weighted by Crippen LogP contribution is 2.24. The van der Waals surface area contributed by atoms with Crippen LogP contribution >= 0.6 is 11.6 Å². The number of nitrogens with zero attached hydrogens (tertiary/aromatic N) is 4. The Morgan fingerprint density at radius 3 is 2.52 bits per heavy atom. The molecule has 0 spiro atoms. The zero-order chi connectivity index (χ0) is 23.2. The van der Waals surface area contributed by atoms with E-state index in [9.17, 15) is 4.79 Å². The van der Waals surface area contributed by atoms with Crippen LogP contribution in [-0.2, 0) is 13.2 Å². The Bertz CT molecular complexity index is 1080. The van der Waals surface area contributed by atoms with Crippen LogP contribution in [0.15, 0.2) is 54.7 Å². The van der Waals surface area contributed by atoms with Crippen molar-refractivity contribution in [2.75, 3.05) is 38.1 Å². The lowest BCUT2D eigenvalue weighted by Gasteiger charge is -2.27. The Labute approximate surface area is 199 Å². The Morgan fingerprint density at radius 2 is 1.82 bits per heavy atom. The van der Waals surface area contributed by atoms with Gasteiger partial charge in [0.1, 0.15) is 17.3 Å². The fraction of sp³-hybridized carbons (Fsp3) is 0.320. The Morgan fingerprint density at radius 1 is 1.09 bits per heavy atom. The molecule has 1 saturated heterocycles. The maximum absolute atomic E-state index is 13.1. The first-order chi connectivity index (χ1) is 16.0. The fourth-order valence-corrected chi connectivity index (χ4v) is 3.78. The molecule has 1 amide bonds. The predicted molar refractivity (Wildman–Crippen MR) is 130 cm³/mol. The van der Waals surface area contributed by atoms with Crippen molar-refractivity contribution < 1.29 is 9.53 Å². The number of benzene rings is 1. The molecule has 4 rings (SSSR count). The molecule has 1 N–H and O–H groups in total. The van der Waals surface area contributed by atoms with Crippen molar-refractivity contribution in [3.05, 3.63) is 82.3 Å². The molecule has 1 aliphatic rings. The van der Waals surface area contributed by atoms with Crippen molar-refractivity contribution in [3.8, 4) is 5.88 Å². The van der Waals surface area contributed by atoms with Gasteiger partial charge in [-0.05, 0) is 42.8 Å². The van der Waals surface area contributed by atoms with Crippen LogP contribution in [0.1, 0.15) is 27.3 Å². The number of aryl methyl sites for hydroxylation is 1. The third-order valence-corrected chi connectivity index (χ3v) is 5.91. The van der Waals surface area contributed by atoms with Crippen molar-refractivity contribution in [2.24, 2.45) is 0 Å². The normalized spacial score (nSPS) is 14.2. The van der Waals surface area contributed by atoms with Gasteiger partial charge < -0.3 is 15.0 Å². The molecule has 33 heavy (non-hydrogen) atoms. The number of pyridine rings is 2. The van der Waals surface area contributed by atoms with Crippen LogP contribution in [0.5, 0.6) is 5.88 Å². The highest BCUT2D eigenvalue weighted by Gasteiger charge is 2.18. The third kappa shape index (κ3) is 6.07. The first kappa shape index (κ1) is 23.2. The van der Waals surface area contributed by atoms with Crippen LogP contribution in [0.25, 0.3) is 0 Å². The summed E-state index contributed by atoms with van der Waals surface area (Å²) in [6.07, 6.45) is 1.75. The molecule has 1 fully saturated rings. The van der Waals surface area contributed by atoms with Gasteiger partial charge in [-0.1, -0.05) is 29.8 Å². The summed E-state index contributed by atoms with van der Waals surface area (Å²) >= 11 is 6.25. The fourth-order valence-electron chi connectivity index (χ4n) is 3.62. The quantitative estimate of drug-likeness (QED) is 0.573. The Balaban J connectivity index is 1.41. The molecule has 1 aliphatic heterocycles. The van der Waals surface area contributed by atoms with E-state index in [1.165, 1.54) is 5.56 Å². The van der Waals surface area contributed by atoms with Crippen molar-refractivity contribution in [2.45, 2.75) is 20.1 Å². The minimum absolute atomic E-state index is 0.225. The number of nitrogens with one attached hydrogen (secondary N) is 1. The molecular formula is C25H28ClN5O2. The van der Waals surface area contributed by atoms with Gasteiger partial charge in [0.05, 0.1) is 0 Å². The van der Waals surface area contributed by atoms with E-state index in [0.717, 1.165) is 49.7 Å². The largest absolute Gasteiger partial charge is 0.472 e. The number of aromatic nitrogens is 2. The summed E-state index contributed by atoms with van der Waals surface area (Å²) in [6, 6.07) is 15.2. The Kier molecular flexibility index (Phi) is 7.54. The van der Waals surface area contributed by atoms with Crippen molar-refractivity contribution in [1.82, 2.24) is 20.2 Å². The SMILES string of the molecule is Cc1ccc(COc2nc(C(=O)N(C)c3ccc(CN4CCNCC4)cc3)ccc2Cl)cn1. The minimum Gasteiger partial charge on any atom is -0.472 e. The molecule has 0 saturated carbocycles. The van der Waals surface area contributed by atoms with E-state index in [4.69, 9.17) is 16.3 Å². The average molecular weight is 466 g/mol. The number of hydrogen-bond acceptors (Lipinski definition) is 6.